The Hall–Kier alpha value is -0.830. The van der Waals surface area contributed by atoms with Gasteiger partial charge in [-0.2, -0.15) is 0 Å². The summed E-state index contributed by atoms with van der Waals surface area (Å²) in [6.45, 7) is 0. The highest BCUT2D eigenvalue weighted by Gasteiger charge is 1.86. The van der Waals surface area contributed by atoms with Crippen LogP contribution in [-0.2, 0) is 0 Å². The molecular weight excluding hydrogens is 370 g/mol. The molecule has 0 amide bonds. The van der Waals surface area contributed by atoms with Crippen molar-refractivity contribution in [2.24, 2.45) is 0 Å². The standard InChI is InChI=1S/C8H5Cl.C4H2ClIN2/c1-2-7-4-3-5-8(9)6-7;5-4-7-1-3(6)2-8-4/h1,3-6H;1-2H. The van der Waals surface area contributed by atoms with E-state index < -0.39 is 0 Å². The number of halogens is 3. The van der Waals surface area contributed by atoms with E-state index in [2.05, 4.69) is 38.5 Å². The van der Waals surface area contributed by atoms with Gasteiger partial charge in [-0.1, -0.05) is 23.6 Å². The lowest BCUT2D eigenvalue weighted by molar-refractivity contribution is 1.15. The molecule has 2 rings (SSSR count). The zero-order valence-corrected chi connectivity index (χ0v) is 12.2. The number of terminal acetylenes is 1. The van der Waals surface area contributed by atoms with E-state index in [1.807, 2.05) is 12.1 Å². The van der Waals surface area contributed by atoms with Crippen LogP contribution in [0.5, 0.6) is 0 Å². The molecule has 0 saturated carbocycles. The van der Waals surface area contributed by atoms with Crippen LogP contribution in [0.25, 0.3) is 0 Å². The first-order chi connectivity index (χ1) is 8.11. The van der Waals surface area contributed by atoms with Gasteiger partial charge in [-0.05, 0) is 52.4 Å². The molecule has 17 heavy (non-hydrogen) atoms. The average molecular weight is 377 g/mol. The van der Waals surface area contributed by atoms with E-state index in [4.69, 9.17) is 29.6 Å². The number of hydrogen-bond donors (Lipinski definition) is 0. The van der Waals surface area contributed by atoms with E-state index in [1.165, 1.54) is 0 Å². The lowest BCUT2D eigenvalue weighted by Gasteiger charge is -1.88. The van der Waals surface area contributed by atoms with E-state index >= 15 is 0 Å². The molecular formula is C12H7Cl2IN2. The number of hydrogen-bond acceptors (Lipinski definition) is 2. The molecule has 1 aromatic heterocycles. The first-order valence-corrected chi connectivity index (χ1v) is 6.30. The Balaban J connectivity index is 0.000000171. The van der Waals surface area contributed by atoms with E-state index in [9.17, 15) is 0 Å². The Labute approximate surface area is 124 Å². The van der Waals surface area contributed by atoms with Crippen LogP contribution in [0, 0.1) is 15.9 Å². The molecule has 1 heterocycles. The molecule has 0 N–H and O–H groups in total. The largest absolute Gasteiger partial charge is 0.225 e. The molecule has 2 aromatic rings. The third-order valence-electron chi connectivity index (χ3n) is 1.58. The fourth-order valence-electron chi connectivity index (χ4n) is 0.875. The van der Waals surface area contributed by atoms with Crippen LogP contribution >= 0.6 is 45.8 Å². The molecule has 0 aliphatic rings. The summed E-state index contributed by atoms with van der Waals surface area (Å²) < 4.78 is 0.993. The summed E-state index contributed by atoms with van der Waals surface area (Å²) in [6.07, 6.45) is 8.44. The van der Waals surface area contributed by atoms with Crippen molar-refractivity contribution in [1.82, 2.24) is 9.97 Å². The summed E-state index contributed by atoms with van der Waals surface area (Å²) in [5.74, 6) is 2.48. The zero-order valence-electron chi connectivity index (χ0n) is 8.57. The Morgan fingerprint density at radius 1 is 1.18 bits per heavy atom. The molecule has 0 aliphatic carbocycles. The predicted molar refractivity (Wildman–Crippen MR) is 79.1 cm³/mol. The minimum Gasteiger partial charge on any atom is -0.225 e. The first-order valence-electron chi connectivity index (χ1n) is 4.47. The normalized spacial score (nSPS) is 8.82. The smallest absolute Gasteiger partial charge is 0.222 e. The van der Waals surface area contributed by atoms with Crippen molar-refractivity contribution in [3.05, 3.63) is 56.1 Å². The highest BCUT2D eigenvalue weighted by atomic mass is 127. The number of benzene rings is 1. The summed E-state index contributed by atoms with van der Waals surface area (Å²) in [6, 6.07) is 7.22. The molecule has 0 spiro atoms. The van der Waals surface area contributed by atoms with Gasteiger partial charge in [0.25, 0.3) is 0 Å². The maximum absolute atomic E-state index is 5.63. The minimum atomic E-state index is 0.297. The molecule has 1 aromatic carbocycles. The van der Waals surface area contributed by atoms with E-state index in [-0.39, 0.29) is 0 Å². The van der Waals surface area contributed by atoms with Gasteiger partial charge < -0.3 is 0 Å². The lowest BCUT2D eigenvalue weighted by atomic mass is 10.2. The number of rotatable bonds is 0. The molecule has 2 nitrogen and oxygen atoms in total. The van der Waals surface area contributed by atoms with Crippen molar-refractivity contribution in [2.45, 2.75) is 0 Å². The van der Waals surface area contributed by atoms with Crippen molar-refractivity contribution in [3.63, 3.8) is 0 Å². The van der Waals surface area contributed by atoms with Crippen LogP contribution in [-0.4, -0.2) is 9.97 Å². The fraction of sp³-hybridized carbons (Fsp3) is 0. The van der Waals surface area contributed by atoms with Crippen LogP contribution in [0.4, 0.5) is 0 Å². The van der Waals surface area contributed by atoms with E-state index in [0.717, 1.165) is 9.13 Å². The van der Waals surface area contributed by atoms with Gasteiger partial charge in [0.2, 0.25) is 5.28 Å². The van der Waals surface area contributed by atoms with Crippen molar-refractivity contribution >= 4 is 45.8 Å². The third kappa shape index (κ3) is 5.87. The van der Waals surface area contributed by atoms with Crippen molar-refractivity contribution in [2.75, 3.05) is 0 Å². The van der Waals surface area contributed by atoms with Crippen LogP contribution < -0.4 is 0 Å². The SMILES string of the molecule is C#Cc1cccc(Cl)c1.Clc1ncc(I)cn1. The Morgan fingerprint density at radius 3 is 2.24 bits per heavy atom. The molecule has 5 heteroatoms. The molecule has 0 aliphatic heterocycles. The van der Waals surface area contributed by atoms with Gasteiger partial charge in [-0.3, -0.25) is 0 Å². The highest BCUT2D eigenvalue weighted by Crippen LogP contribution is 2.08. The van der Waals surface area contributed by atoms with Gasteiger partial charge in [-0.25, -0.2) is 9.97 Å². The topological polar surface area (TPSA) is 25.8 Å². The molecule has 0 saturated heterocycles. The van der Waals surface area contributed by atoms with Crippen LogP contribution in [0.2, 0.25) is 10.3 Å². The van der Waals surface area contributed by atoms with E-state index in [1.54, 1.807) is 24.5 Å². The molecule has 0 atom stereocenters. The second kappa shape index (κ2) is 7.49. The quantitative estimate of drug-likeness (QED) is 0.393. The van der Waals surface area contributed by atoms with Gasteiger partial charge in [-0.15, -0.1) is 6.42 Å². The van der Waals surface area contributed by atoms with Crippen LogP contribution in [0.3, 0.4) is 0 Å². The van der Waals surface area contributed by atoms with Gasteiger partial charge in [0.15, 0.2) is 0 Å². The predicted octanol–water partition coefficient (Wildman–Crippen LogP) is 4.06. The van der Waals surface area contributed by atoms with Crippen LogP contribution in [0.1, 0.15) is 5.56 Å². The Kier molecular flexibility index (Phi) is 6.27. The lowest BCUT2D eigenvalue weighted by Crippen LogP contribution is -1.79. The fourth-order valence-corrected chi connectivity index (χ4v) is 1.44. The molecule has 0 unspecified atom stereocenters. The molecule has 0 bridgehead atoms. The second-order valence-electron chi connectivity index (χ2n) is 2.82. The monoisotopic (exact) mass is 376 g/mol. The van der Waals surface area contributed by atoms with Gasteiger partial charge in [0.05, 0.1) is 0 Å². The summed E-state index contributed by atoms with van der Waals surface area (Å²) >= 11 is 13.1. The maximum atomic E-state index is 5.63. The molecule has 0 fully saturated rings. The third-order valence-corrected chi connectivity index (χ3v) is 2.57. The Morgan fingerprint density at radius 2 is 1.82 bits per heavy atom. The van der Waals surface area contributed by atoms with Gasteiger partial charge in [0.1, 0.15) is 0 Å². The van der Waals surface area contributed by atoms with Crippen molar-refractivity contribution in [3.8, 4) is 12.3 Å². The summed E-state index contributed by atoms with van der Waals surface area (Å²) in [7, 11) is 0. The molecule has 0 radical (unpaired) electrons. The zero-order chi connectivity index (χ0) is 12.7. The Bertz CT molecular complexity index is 500. The minimum absolute atomic E-state index is 0.297. The summed E-state index contributed by atoms with van der Waals surface area (Å²) in [5, 5.41) is 0.982. The second-order valence-corrected chi connectivity index (χ2v) is 4.85. The molecule has 86 valence electrons. The first kappa shape index (κ1) is 14.2. The van der Waals surface area contributed by atoms with Crippen LogP contribution in [0.15, 0.2) is 36.7 Å². The maximum Gasteiger partial charge on any atom is 0.222 e. The number of aromatic nitrogens is 2. The van der Waals surface area contributed by atoms with E-state index in [0.29, 0.717) is 10.3 Å². The average Bonchev–Trinajstić information content (AvgIpc) is 2.34. The van der Waals surface area contributed by atoms with Crippen molar-refractivity contribution in [1.29, 1.82) is 0 Å². The van der Waals surface area contributed by atoms with Crippen molar-refractivity contribution < 1.29 is 0 Å². The summed E-state index contributed by atoms with van der Waals surface area (Å²) in [5.41, 5.74) is 0.822. The highest BCUT2D eigenvalue weighted by molar-refractivity contribution is 14.1. The number of nitrogens with zero attached hydrogens (tertiary/aromatic N) is 2. The summed E-state index contributed by atoms with van der Waals surface area (Å²) in [4.78, 5) is 7.45. The van der Waals surface area contributed by atoms with Gasteiger partial charge >= 0.3 is 0 Å². The van der Waals surface area contributed by atoms with Gasteiger partial charge in [0, 0.05) is 26.5 Å².